The second-order valence-electron chi connectivity index (χ2n) is 6.15. The Morgan fingerprint density at radius 3 is 2.68 bits per heavy atom. The Labute approximate surface area is 165 Å². The van der Waals surface area contributed by atoms with E-state index in [1.807, 2.05) is 18.2 Å². The Hall–Kier alpha value is -3.32. The number of hydrogen-bond donors (Lipinski definition) is 0. The van der Waals surface area contributed by atoms with Crippen molar-refractivity contribution in [3.8, 4) is 10.6 Å². The quantitative estimate of drug-likeness (QED) is 0.473. The maximum Gasteiger partial charge on any atom is 0.274 e. The number of carbonyl (C=O) groups is 1. The van der Waals surface area contributed by atoms with Crippen LogP contribution in [0.2, 0.25) is 0 Å². The van der Waals surface area contributed by atoms with E-state index < -0.39 is 0 Å². The molecule has 4 rings (SSSR count). The fraction of sp³-hybridized carbons (Fsp3) is 0.0952. The monoisotopic (exact) mass is 393 g/mol. The highest BCUT2D eigenvalue weighted by atomic mass is 32.1. The fourth-order valence-corrected chi connectivity index (χ4v) is 3.56. The van der Waals surface area contributed by atoms with Crippen LogP contribution < -0.4 is 0 Å². The first-order chi connectivity index (χ1) is 13.7. The zero-order valence-electron chi connectivity index (χ0n) is 14.8. The molecule has 1 aromatic carbocycles. The Balaban J connectivity index is 1.58. The molecule has 7 heteroatoms. The summed E-state index contributed by atoms with van der Waals surface area (Å²) in [5.41, 5.74) is 2.03. The standard InChI is InChI=1S/C21H16FN3O2S/c22-17-7-5-16(6-8-17)20-24-19(14-28-20)21(26)25(13-18-4-2-10-27-18)12-15-3-1-9-23-11-15/h1-11,14H,12-13H2. The van der Waals surface area contributed by atoms with Crippen LogP contribution in [-0.4, -0.2) is 20.8 Å². The Bertz CT molecular complexity index is 1050. The molecule has 0 spiro atoms. The molecule has 0 saturated heterocycles. The van der Waals surface area contributed by atoms with Crippen molar-refractivity contribution >= 4 is 17.2 Å². The molecule has 3 aromatic heterocycles. The van der Waals surface area contributed by atoms with Crippen molar-refractivity contribution < 1.29 is 13.6 Å². The summed E-state index contributed by atoms with van der Waals surface area (Å²) < 4.78 is 18.5. The van der Waals surface area contributed by atoms with Gasteiger partial charge in [0.15, 0.2) is 0 Å². The molecule has 28 heavy (non-hydrogen) atoms. The molecule has 0 radical (unpaired) electrons. The van der Waals surface area contributed by atoms with Crippen LogP contribution in [0.15, 0.2) is 77.0 Å². The van der Waals surface area contributed by atoms with E-state index in [4.69, 9.17) is 4.42 Å². The summed E-state index contributed by atoms with van der Waals surface area (Å²) in [6.07, 6.45) is 5.00. The Morgan fingerprint density at radius 2 is 1.96 bits per heavy atom. The van der Waals surface area contributed by atoms with Gasteiger partial charge in [0.25, 0.3) is 5.91 Å². The van der Waals surface area contributed by atoms with Crippen LogP contribution in [0, 0.1) is 5.82 Å². The summed E-state index contributed by atoms with van der Waals surface area (Å²) in [5, 5.41) is 2.39. The number of hydrogen-bond acceptors (Lipinski definition) is 5. The molecule has 0 aliphatic carbocycles. The summed E-state index contributed by atoms with van der Waals surface area (Å²) in [6, 6.07) is 13.4. The minimum atomic E-state index is -0.308. The number of pyridine rings is 1. The highest BCUT2D eigenvalue weighted by Crippen LogP contribution is 2.25. The van der Waals surface area contributed by atoms with Gasteiger partial charge in [-0.15, -0.1) is 11.3 Å². The molecule has 0 unspecified atom stereocenters. The molecule has 0 N–H and O–H groups in total. The SMILES string of the molecule is O=C(c1csc(-c2ccc(F)cc2)n1)N(Cc1cccnc1)Cc1ccco1. The van der Waals surface area contributed by atoms with Gasteiger partial charge >= 0.3 is 0 Å². The number of nitrogens with zero attached hydrogens (tertiary/aromatic N) is 3. The van der Waals surface area contributed by atoms with E-state index in [2.05, 4.69) is 9.97 Å². The molecule has 0 fully saturated rings. The van der Waals surface area contributed by atoms with E-state index >= 15 is 0 Å². The second-order valence-corrected chi connectivity index (χ2v) is 7.00. The predicted octanol–water partition coefficient (Wildman–Crippen LogP) is 4.78. The van der Waals surface area contributed by atoms with Gasteiger partial charge in [-0.25, -0.2) is 9.37 Å². The summed E-state index contributed by atoms with van der Waals surface area (Å²) in [4.78, 5) is 23.4. The lowest BCUT2D eigenvalue weighted by molar-refractivity contribution is 0.0712. The molecule has 0 aliphatic heterocycles. The van der Waals surface area contributed by atoms with Crippen molar-refractivity contribution in [2.75, 3.05) is 0 Å². The average molecular weight is 393 g/mol. The van der Waals surface area contributed by atoms with E-state index in [1.165, 1.54) is 23.5 Å². The maximum atomic E-state index is 13.1. The topological polar surface area (TPSA) is 59.2 Å². The van der Waals surface area contributed by atoms with E-state index in [0.29, 0.717) is 29.6 Å². The fourth-order valence-electron chi connectivity index (χ4n) is 2.76. The van der Waals surface area contributed by atoms with Crippen molar-refractivity contribution in [1.82, 2.24) is 14.9 Å². The first-order valence-corrected chi connectivity index (χ1v) is 9.49. The van der Waals surface area contributed by atoms with Crippen molar-refractivity contribution in [3.63, 3.8) is 0 Å². The Kier molecular flexibility index (Phi) is 5.25. The normalized spacial score (nSPS) is 10.8. The number of benzene rings is 1. The van der Waals surface area contributed by atoms with Gasteiger partial charge < -0.3 is 9.32 Å². The van der Waals surface area contributed by atoms with Gasteiger partial charge in [0.1, 0.15) is 22.3 Å². The van der Waals surface area contributed by atoms with Crippen LogP contribution in [0.4, 0.5) is 4.39 Å². The van der Waals surface area contributed by atoms with E-state index in [9.17, 15) is 9.18 Å². The molecule has 0 aliphatic rings. The van der Waals surface area contributed by atoms with Gasteiger partial charge in [-0.05, 0) is 48.0 Å². The number of thiazole rings is 1. The van der Waals surface area contributed by atoms with Crippen LogP contribution in [-0.2, 0) is 13.1 Å². The van der Waals surface area contributed by atoms with Crippen LogP contribution in [0.5, 0.6) is 0 Å². The molecule has 0 atom stereocenters. The summed E-state index contributed by atoms with van der Waals surface area (Å²) in [5.74, 6) is 0.175. The minimum absolute atomic E-state index is 0.204. The highest BCUT2D eigenvalue weighted by molar-refractivity contribution is 7.13. The third-order valence-corrected chi connectivity index (χ3v) is 5.02. The first-order valence-electron chi connectivity index (χ1n) is 8.61. The van der Waals surface area contributed by atoms with Gasteiger partial charge in [0.2, 0.25) is 0 Å². The maximum absolute atomic E-state index is 13.1. The number of amides is 1. The molecular formula is C21H16FN3O2S. The smallest absolute Gasteiger partial charge is 0.274 e. The Morgan fingerprint density at radius 1 is 1.11 bits per heavy atom. The molecule has 5 nitrogen and oxygen atoms in total. The van der Waals surface area contributed by atoms with Crippen LogP contribution in [0.1, 0.15) is 21.8 Å². The van der Waals surface area contributed by atoms with Crippen LogP contribution >= 0.6 is 11.3 Å². The van der Waals surface area contributed by atoms with Gasteiger partial charge in [0, 0.05) is 29.9 Å². The predicted molar refractivity (Wildman–Crippen MR) is 104 cm³/mol. The summed E-state index contributed by atoms with van der Waals surface area (Å²) in [7, 11) is 0. The summed E-state index contributed by atoms with van der Waals surface area (Å²) >= 11 is 1.35. The highest BCUT2D eigenvalue weighted by Gasteiger charge is 2.21. The van der Waals surface area contributed by atoms with Crippen molar-refractivity contribution in [2.45, 2.75) is 13.1 Å². The molecule has 0 bridgehead atoms. The largest absolute Gasteiger partial charge is 0.467 e. The van der Waals surface area contributed by atoms with Gasteiger partial charge in [-0.3, -0.25) is 9.78 Å². The molecule has 1 amide bonds. The van der Waals surface area contributed by atoms with Gasteiger partial charge in [-0.1, -0.05) is 6.07 Å². The minimum Gasteiger partial charge on any atom is -0.467 e. The zero-order valence-corrected chi connectivity index (χ0v) is 15.6. The third kappa shape index (κ3) is 4.15. The molecular weight excluding hydrogens is 377 g/mol. The average Bonchev–Trinajstić information content (AvgIpc) is 3.40. The van der Waals surface area contributed by atoms with Crippen LogP contribution in [0.3, 0.4) is 0 Å². The number of halogens is 1. The lowest BCUT2D eigenvalue weighted by atomic mass is 10.2. The van der Waals surface area contributed by atoms with Gasteiger partial charge in [-0.2, -0.15) is 0 Å². The molecule has 140 valence electrons. The molecule has 3 heterocycles. The first kappa shape index (κ1) is 18.1. The van der Waals surface area contributed by atoms with E-state index in [-0.39, 0.29) is 11.7 Å². The lowest BCUT2D eigenvalue weighted by Crippen LogP contribution is -2.30. The molecule has 0 saturated carbocycles. The van der Waals surface area contributed by atoms with E-state index in [0.717, 1.165) is 11.1 Å². The number of carbonyl (C=O) groups excluding carboxylic acids is 1. The lowest BCUT2D eigenvalue weighted by Gasteiger charge is -2.20. The van der Waals surface area contributed by atoms with Crippen molar-refractivity contribution in [1.29, 1.82) is 0 Å². The third-order valence-electron chi connectivity index (χ3n) is 4.12. The van der Waals surface area contributed by atoms with E-state index in [1.54, 1.807) is 47.1 Å². The summed E-state index contributed by atoms with van der Waals surface area (Å²) in [6.45, 7) is 0.709. The van der Waals surface area contributed by atoms with Crippen molar-refractivity contribution in [3.05, 3.63) is 95.4 Å². The number of furan rings is 1. The zero-order chi connectivity index (χ0) is 19.3. The van der Waals surface area contributed by atoms with Gasteiger partial charge in [0.05, 0.1) is 12.8 Å². The molecule has 4 aromatic rings. The van der Waals surface area contributed by atoms with Crippen molar-refractivity contribution in [2.24, 2.45) is 0 Å². The van der Waals surface area contributed by atoms with Crippen LogP contribution in [0.25, 0.3) is 10.6 Å². The number of aromatic nitrogens is 2. The number of rotatable bonds is 6. The second kappa shape index (κ2) is 8.14.